The molecule has 1 aromatic heterocycles. The third kappa shape index (κ3) is 2.31. The number of carbonyl (C=O) groups is 1. The van der Waals surface area contributed by atoms with Gasteiger partial charge in [0.25, 0.3) is 5.91 Å². The van der Waals surface area contributed by atoms with Crippen molar-refractivity contribution in [2.75, 3.05) is 13.2 Å². The number of hydrogen-bond donors (Lipinski definition) is 1. The van der Waals surface area contributed by atoms with E-state index in [4.69, 9.17) is 4.74 Å². The van der Waals surface area contributed by atoms with Crippen LogP contribution in [0.4, 0.5) is 0 Å². The molecule has 1 fully saturated rings. The normalized spacial score (nSPS) is 22.8. The second kappa shape index (κ2) is 4.57. The third-order valence-electron chi connectivity index (χ3n) is 3.13. The van der Waals surface area contributed by atoms with E-state index in [0.717, 1.165) is 0 Å². The highest BCUT2D eigenvalue weighted by Gasteiger charge is 2.38. The average Bonchev–Trinajstić information content (AvgIpc) is 2.32. The fraction of sp³-hybridized carbons (Fsp3) is 0.538. The summed E-state index contributed by atoms with van der Waals surface area (Å²) in [6, 6.07) is 3.07. The van der Waals surface area contributed by atoms with Crippen molar-refractivity contribution in [3.05, 3.63) is 24.0 Å². The van der Waals surface area contributed by atoms with Gasteiger partial charge < -0.3 is 14.7 Å². The topological polar surface area (TPSA) is 62.7 Å². The molecule has 1 atom stereocenters. The summed E-state index contributed by atoms with van der Waals surface area (Å²) in [6.07, 6.45) is 1.50. The van der Waals surface area contributed by atoms with Crippen LogP contribution in [0.1, 0.15) is 31.3 Å². The number of pyridine rings is 1. The van der Waals surface area contributed by atoms with Crippen molar-refractivity contribution < 1.29 is 14.6 Å². The van der Waals surface area contributed by atoms with E-state index in [9.17, 15) is 9.90 Å². The molecular formula is C13H18N2O3. The Labute approximate surface area is 106 Å². The average molecular weight is 250 g/mol. The smallest absolute Gasteiger partial charge is 0.276 e. The van der Waals surface area contributed by atoms with Crippen molar-refractivity contribution in [3.63, 3.8) is 0 Å². The SMILES string of the molecule is C[C@H]1CN(C(=O)c2ncccc2O)C(C)(C)CO1. The Morgan fingerprint density at radius 1 is 1.61 bits per heavy atom. The molecule has 1 N–H and O–H groups in total. The van der Waals surface area contributed by atoms with Gasteiger partial charge in [0, 0.05) is 12.7 Å². The van der Waals surface area contributed by atoms with Gasteiger partial charge in [-0.2, -0.15) is 0 Å². The zero-order valence-corrected chi connectivity index (χ0v) is 10.9. The summed E-state index contributed by atoms with van der Waals surface area (Å²) in [5.41, 5.74) is -0.298. The van der Waals surface area contributed by atoms with Crippen LogP contribution in [0.5, 0.6) is 5.75 Å². The lowest BCUT2D eigenvalue weighted by atomic mass is 10.00. The van der Waals surface area contributed by atoms with E-state index in [2.05, 4.69) is 4.98 Å². The summed E-state index contributed by atoms with van der Waals surface area (Å²) >= 11 is 0. The Morgan fingerprint density at radius 2 is 2.33 bits per heavy atom. The molecule has 1 saturated heterocycles. The van der Waals surface area contributed by atoms with Gasteiger partial charge in [0.2, 0.25) is 0 Å². The highest BCUT2D eigenvalue weighted by atomic mass is 16.5. The molecule has 1 aliphatic rings. The van der Waals surface area contributed by atoms with E-state index in [0.29, 0.717) is 13.2 Å². The van der Waals surface area contributed by atoms with Crippen molar-refractivity contribution in [2.24, 2.45) is 0 Å². The van der Waals surface area contributed by atoms with E-state index in [1.807, 2.05) is 20.8 Å². The van der Waals surface area contributed by atoms with Crippen LogP contribution in [0.2, 0.25) is 0 Å². The lowest BCUT2D eigenvalue weighted by molar-refractivity contribution is -0.0758. The first kappa shape index (κ1) is 12.8. The highest BCUT2D eigenvalue weighted by molar-refractivity contribution is 5.95. The predicted molar refractivity (Wildman–Crippen MR) is 66.4 cm³/mol. The van der Waals surface area contributed by atoms with Crippen molar-refractivity contribution in [3.8, 4) is 5.75 Å². The van der Waals surface area contributed by atoms with Crippen molar-refractivity contribution >= 4 is 5.91 Å². The highest BCUT2D eigenvalue weighted by Crippen LogP contribution is 2.26. The molecule has 0 radical (unpaired) electrons. The van der Waals surface area contributed by atoms with Crippen LogP contribution in [0.3, 0.4) is 0 Å². The minimum Gasteiger partial charge on any atom is -0.505 e. The number of morpholine rings is 1. The van der Waals surface area contributed by atoms with Crippen LogP contribution >= 0.6 is 0 Å². The van der Waals surface area contributed by atoms with E-state index < -0.39 is 5.54 Å². The number of ether oxygens (including phenoxy) is 1. The summed E-state index contributed by atoms with van der Waals surface area (Å²) in [4.78, 5) is 18.1. The molecule has 0 unspecified atom stereocenters. The Bertz CT molecular complexity index is 459. The van der Waals surface area contributed by atoms with Crippen molar-refractivity contribution in [2.45, 2.75) is 32.4 Å². The summed E-state index contributed by atoms with van der Waals surface area (Å²) in [7, 11) is 0. The molecule has 0 aliphatic carbocycles. The second-order valence-electron chi connectivity index (χ2n) is 5.22. The van der Waals surface area contributed by atoms with Crippen LogP contribution in [0.15, 0.2) is 18.3 Å². The van der Waals surface area contributed by atoms with Gasteiger partial charge in [0.1, 0.15) is 5.75 Å². The van der Waals surface area contributed by atoms with Gasteiger partial charge in [0.05, 0.1) is 18.2 Å². The third-order valence-corrected chi connectivity index (χ3v) is 3.13. The molecule has 1 amide bonds. The predicted octanol–water partition coefficient (Wildman–Crippen LogP) is 1.43. The number of rotatable bonds is 1. The number of carbonyl (C=O) groups excluding carboxylic acids is 1. The van der Waals surface area contributed by atoms with Gasteiger partial charge >= 0.3 is 0 Å². The maximum Gasteiger partial charge on any atom is 0.276 e. The fourth-order valence-corrected chi connectivity index (χ4v) is 2.03. The number of hydrogen-bond acceptors (Lipinski definition) is 4. The van der Waals surface area contributed by atoms with Crippen LogP contribution < -0.4 is 0 Å². The lowest BCUT2D eigenvalue weighted by Crippen LogP contribution is -2.57. The number of amides is 1. The first-order valence-electron chi connectivity index (χ1n) is 5.99. The first-order valence-corrected chi connectivity index (χ1v) is 5.99. The summed E-state index contributed by atoms with van der Waals surface area (Å²) in [5, 5.41) is 9.71. The summed E-state index contributed by atoms with van der Waals surface area (Å²) in [6.45, 7) is 6.79. The second-order valence-corrected chi connectivity index (χ2v) is 5.22. The van der Waals surface area contributed by atoms with Gasteiger partial charge in [-0.3, -0.25) is 4.79 Å². The molecule has 18 heavy (non-hydrogen) atoms. The molecule has 5 heteroatoms. The van der Waals surface area contributed by atoms with E-state index >= 15 is 0 Å². The first-order chi connectivity index (χ1) is 8.42. The zero-order valence-electron chi connectivity index (χ0n) is 10.9. The largest absolute Gasteiger partial charge is 0.505 e. The Morgan fingerprint density at radius 3 is 3.00 bits per heavy atom. The van der Waals surface area contributed by atoms with E-state index in [1.54, 1.807) is 11.0 Å². The van der Waals surface area contributed by atoms with Crippen molar-refractivity contribution in [1.82, 2.24) is 9.88 Å². The Hall–Kier alpha value is -1.62. The minimum atomic E-state index is -0.395. The zero-order chi connectivity index (χ0) is 13.3. The number of nitrogens with zero attached hydrogens (tertiary/aromatic N) is 2. The van der Waals surface area contributed by atoms with E-state index in [1.165, 1.54) is 12.3 Å². The number of aromatic hydroxyl groups is 1. The van der Waals surface area contributed by atoms with Gasteiger partial charge in [-0.1, -0.05) is 0 Å². The molecule has 0 saturated carbocycles. The fourth-order valence-electron chi connectivity index (χ4n) is 2.03. The van der Waals surface area contributed by atoms with Gasteiger partial charge in [-0.25, -0.2) is 4.98 Å². The van der Waals surface area contributed by atoms with Crippen LogP contribution in [0, 0.1) is 0 Å². The van der Waals surface area contributed by atoms with Gasteiger partial charge in [0.15, 0.2) is 5.69 Å². The quantitative estimate of drug-likeness (QED) is 0.819. The Kier molecular flexibility index (Phi) is 3.26. The molecule has 98 valence electrons. The van der Waals surface area contributed by atoms with Gasteiger partial charge in [-0.05, 0) is 32.9 Å². The van der Waals surface area contributed by atoms with Crippen LogP contribution in [-0.2, 0) is 4.74 Å². The maximum absolute atomic E-state index is 12.4. The summed E-state index contributed by atoms with van der Waals surface area (Å²) in [5.74, 6) is -0.342. The molecule has 1 aliphatic heterocycles. The maximum atomic E-state index is 12.4. The summed E-state index contributed by atoms with van der Waals surface area (Å²) < 4.78 is 5.56. The monoisotopic (exact) mass is 250 g/mol. The molecule has 1 aromatic rings. The molecule has 0 bridgehead atoms. The van der Waals surface area contributed by atoms with Crippen LogP contribution in [-0.4, -0.2) is 45.7 Å². The van der Waals surface area contributed by atoms with E-state index in [-0.39, 0.29) is 23.5 Å². The van der Waals surface area contributed by atoms with Gasteiger partial charge in [-0.15, -0.1) is 0 Å². The molecule has 2 rings (SSSR count). The molecule has 0 spiro atoms. The molecule has 2 heterocycles. The molecule has 5 nitrogen and oxygen atoms in total. The lowest BCUT2D eigenvalue weighted by Gasteiger charge is -2.44. The molecular weight excluding hydrogens is 232 g/mol. The molecule has 0 aromatic carbocycles. The number of aromatic nitrogens is 1. The Balaban J connectivity index is 2.30. The van der Waals surface area contributed by atoms with Crippen molar-refractivity contribution in [1.29, 1.82) is 0 Å². The standard InChI is InChI=1S/C13H18N2O3/c1-9-7-15(13(2,3)8-18-9)12(17)11-10(16)5-4-6-14-11/h4-6,9,16H,7-8H2,1-3H3/t9-/m0/s1. The minimum absolute atomic E-state index is 0.00664. The van der Waals surface area contributed by atoms with Crippen LogP contribution in [0.25, 0.3) is 0 Å².